The molecule has 0 bridgehead atoms. The molecule has 0 amide bonds. The maximum atomic E-state index is 4.25. The van der Waals surface area contributed by atoms with E-state index in [0.29, 0.717) is 5.54 Å². The minimum atomic E-state index is 0.324. The van der Waals surface area contributed by atoms with Gasteiger partial charge in [0.1, 0.15) is 17.2 Å². The highest BCUT2D eigenvalue weighted by Gasteiger charge is 2.38. The van der Waals surface area contributed by atoms with Crippen molar-refractivity contribution in [2.24, 2.45) is 0 Å². The van der Waals surface area contributed by atoms with Crippen LogP contribution >= 0.6 is 11.8 Å². The highest BCUT2D eigenvalue weighted by Crippen LogP contribution is 2.36. The Labute approximate surface area is 107 Å². The fraction of sp³-hybridized carbons (Fsp3) is 0.667. The zero-order valence-corrected chi connectivity index (χ0v) is 11.5. The van der Waals surface area contributed by atoms with E-state index in [2.05, 4.69) is 34.3 Å². The third-order valence-corrected chi connectivity index (χ3v) is 4.32. The van der Waals surface area contributed by atoms with Crippen molar-refractivity contribution in [3.05, 3.63) is 12.4 Å². The second-order valence-corrected chi connectivity index (χ2v) is 5.60. The smallest absolute Gasteiger partial charge is 0.130 e. The zero-order valence-electron chi connectivity index (χ0n) is 10.7. The molecule has 1 N–H and O–H groups in total. The summed E-state index contributed by atoms with van der Waals surface area (Å²) in [5, 5.41) is 4.45. The lowest BCUT2D eigenvalue weighted by atomic mass is 9.75. The molecule has 1 aliphatic rings. The number of rotatable bonds is 5. The molecule has 0 unspecified atom stereocenters. The van der Waals surface area contributed by atoms with Crippen molar-refractivity contribution in [2.75, 3.05) is 32.2 Å². The first-order chi connectivity index (χ1) is 8.16. The summed E-state index contributed by atoms with van der Waals surface area (Å²) in [5.74, 6) is 0.928. The lowest BCUT2D eigenvalue weighted by molar-refractivity contribution is 0.0738. The number of anilines is 1. The normalized spacial score (nSPS) is 17.9. The SMILES string of the molecule is CSc1cc(NCC2(N(C)C)CCC2)ncn1. The molecule has 1 saturated carbocycles. The summed E-state index contributed by atoms with van der Waals surface area (Å²) in [6.07, 6.45) is 7.53. The number of hydrogen-bond donors (Lipinski definition) is 1. The largest absolute Gasteiger partial charge is 0.368 e. The van der Waals surface area contributed by atoms with Gasteiger partial charge in [0.25, 0.3) is 0 Å². The predicted octanol–water partition coefficient (Wildman–Crippen LogP) is 2.09. The molecule has 0 atom stereocenters. The second-order valence-electron chi connectivity index (χ2n) is 4.77. The fourth-order valence-electron chi connectivity index (χ4n) is 2.17. The molecule has 0 spiro atoms. The van der Waals surface area contributed by atoms with Crippen molar-refractivity contribution in [3.8, 4) is 0 Å². The molecule has 0 aromatic carbocycles. The van der Waals surface area contributed by atoms with E-state index in [1.807, 2.05) is 12.3 Å². The Bertz CT molecular complexity index is 377. The number of aromatic nitrogens is 2. The van der Waals surface area contributed by atoms with Crippen LogP contribution in [0.15, 0.2) is 17.4 Å². The van der Waals surface area contributed by atoms with Gasteiger partial charge in [-0.25, -0.2) is 9.97 Å². The monoisotopic (exact) mass is 252 g/mol. The van der Waals surface area contributed by atoms with Gasteiger partial charge in [0.05, 0.1) is 0 Å². The molecule has 5 heteroatoms. The van der Waals surface area contributed by atoms with Gasteiger partial charge in [0.15, 0.2) is 0 Å². The van der Waals surface area contributed by atoms with Crippen LogP contribution in [0.2, 0.25) is 0 Å². The quantitative estimate of drug-likeness (QED) is 0.642. The van der Waals surface area contributed by atoms with Gasteiger partial charge in [-0.05, 0) is 39.6 Å². The summed E-state index contributed by atoms with van der Waals surface area (Å²) in [6.45, 7) is 0.963. The number of likely N-dealkylation sites (N-methyl/N-ethyl adjacent to an activating group) is 1. The molecule has 1 fully saturated rings. The average molecular weight is 252 g/mol. The molecule has 2 rings (SSSR count). The van der Waals surface area contributed by atoms with Gasteiger partial charge in [0, 0.05) is 18.2 Å². The van der Waals surface area contributed by atoms with E-state index in [1.54, 1.807) is 18.1 Å². The standard InChI is InChI=1S/C12H20N4S/c1-16(2)12(5-4-6-12)8-13-10-7-11(17-3)15-9-14-10/h7,9H,4-6,8H2,1-3H3,(H,13,14,15). The van der Waals surface area contributed by atoms with Crippen LogP contribution in [0.1, 0.15) is 19.3 Å². The minimum absolute atomic E-state index is 0.324. The van der Waals surface area contributed by atoms with Crippen molar-refractivity contribution in [3.63, 3.8) is 0 Å². The Morgan fingerprint density at radius 1 is 1.41 bits per heavy atom. The van der Waals surface area contributed by atoms with E-state index < -0.39 is 0 Å². The van der Waals surface area contributed by atoms with Crippen molar-refractivity contribution in [1.82, 2.24) is 14.9 Å². The van der Waals surface area contributed by atoms with Gasteiger partial charge in [-0.15, -0.1) is 11.8 Å². The van der Waals surface area contributed by atoms with Gasteiger partial charge in [-0.2, -0.15) is 0 Å². The Morgan fingerprint density at radius 2 is 2.18 bits per heavy atom. The van der Waals surface area contributed by atoms with Gasteiger partial charge in [0.2, 0.25) is 0 Å². The third-order valence-electron chi connectivity index (χ3n) is 3.68. The molecule has 4 nitrogen and oxygen atoms in total. The first-order valence-electron chi connectivity index (χ1n) is 5.94. The van der Waals surface area contributed by atoms with E-state index in [4.69, 9.17) is 0 Å². The van der Waals surface area contributed by atoms with Crippen LogP contribution in [0.3, 0.4) is 0 Å². The lowest BCUT2D eigenvalue weighted by Crippen LogP contribution is -2.54. The van der Waals surface area contributed by atoms with E-state index >= 15 is 0 Å². The topological polar surface area (TPSA) is 41.0 Å². The molecule has 0 saturated heterocycles. The van der Waals surface area contributed by atoms with Crippen molar-refractivity contribution >= 4 is 17.6 Å². The highest BCUT2D eigenvalue weighted by atomic mass is 32.2. The molecular weight excluding hydrogens is 232 g/mol. The van der Waals surface area contributed by atoms with Crippen LogP contribution in [0.5, 0.6) is 0 Å². The summed E-state index contributed by atoms with van der Waals surface area (Å²) < 4.78 is 0. The predicted molar refractivity (Wildman–Crippen MR) is 72.6 cm³/mol. The average Bonchev–Trinajstić information content (AvgIpc) is 2.27. The van der Waals surface area contributed by atoms with Crippen molar-refractivity contribution in [2.45, 2.75) is 29.8 Å². The number of nitrogens with zero attached hydrogens (tertiary/aromatic N) is 3. The van der Waals surface area contributed by atoms with E-state index in [0.717, 1.165) is 17.4 Å². The third kappa shape index (κ3) is 2.72. The fourth-order valence-corrected chi connectivity index (χ4v) is 2.55. The van der Waals surface area contributed by atoms with Gasteiger partial charge < -0.3 is 10.2 Å². The Morgan fingerprint density at radius 3 is 2.71 bits per heavy atom. The zero-order chi connectivity index (χ0) is 12.3. The maximum Gasteiger partial charge on any atom is 0.130 e. The molecular formula is C12H20N4S. The molecule has 1 aliphatic carbocycles. The van der Waals surface area contributed by atoms with E-state index in [-0.39, 0.29) is 0 Å². The van der Waals surface area contributed by atoms with Gasteiger partial charge in [-0.1, -0.05) is 0 Å². The Hall–Kier alpha value is -0.810. The summed E-state index contributed by atoms with van der Waals surface area (Å²) in [5.41, 5.74) is 0.324. The van der Waals surface area contributed by atoms with Crippen LogP contribution in [-0.4, -0.2) is 47.3 Å². The van der Waals surface area contributed by atoms with Crippen molar-refractivity contribution < 1.29 is 0 Å². The lowest BCUT2D eigenvalue weighted by Gasteiger charge is -2.47. The molecule has 94 valence electrons. The van der Waals surface area contributed by atoms with Crippen LogP contribution < -0.4 is 5.32 Å². The van der Waals surface area contributed by atoms with Crippen molar-refractivity contribution in [1.29, 1.82) is 0 Å². The Balaban J connectivity index is 1.97. The molecule has 1 aromatic rings. The van der Waals surface area contributed by atoms with Crippen LogP contribution in [0.25, 0.3) is 0 Å². The van der Waals surface area contributed by atoms with Crippen LogP contribution in [0, 0.1) is 0 Å². The van der Waals surface area contributed by atoms with E-state index in [9.17, 15) is 0 Å². The first kappa shape index (κ1) is 12.6. The Kier molecular flexibility index (Phi) is 3.89. The van der Waals surface area contributed by atoms with Crippen LogP contribution in [-0.2, 0) is 0 Å². The number of thioether (sulfide) groups is 1. The minimum Gasteiger partial charge on any atom is -0.368 e. The highest BCUT2D eigenvalue weighted by molar-refractivity contribution is 7.98. The number of hydrogen-bond acceptors (Lipinski definition) is 5. The molecule has 0 radical (unpaired) electrons. The van der Waals surface area contributed by atoms with E-state index in [1.165, 1.54) is 19.3 Å². The summed E-state index contributed by atoms with van der Waals surface area (Å²) in [6, 6.07) is 2.01. The summed E-state index contributed by atoms with van der Waals surface area (Å²) in [4.78, 5) is 10.8. The van der Waals surface area contributed by atoms with Crippen LogP contribution in [0.4, 0.5) is 5.82 Å². The summed E-state index contributed by atoms with van der Waals surface area (Å²) in [7, 11) is 4.32. The molecule has 17 heavy (non-hydrogen) atoms. The molecule has 1 heterocycles. The second kappa shape index (κ2) is 5.23. The summed E-state index contributed by atoms with van der Waals surface area (Å²) >= 11 is 1.64. The maximum absolute atomic E-state index is 4.25. The number of nitrogens with one attached hydrogen (secondary N) is 1. The molecule has 0 aliphatic heterocycles. The first-order valence-corrected chi connectivity index (χ1v) is 7.16. The molecule has 1 aromatic heterocycles. The van der Waals surface area contributed by atoms with Gasteiger partial charge >= 0.3 is 0 Å². The van der Waals surface area contributed by atoms with Gasteiger partial charge in [-0.3, -0.25) is 0 Å².